The number of hydrogen-bond donors (Lipinski definition) is 3. The van der Waals surface area contributed by atoms with Crippen molar-refractivity contribution in [2.45, 2.75) is 12.5 Å². The topological polar surface area (TPSA) is 95.4 Å². The van der Waals surface area contributed by atoms with Crippen LogP contribution in [0.4, 0.5) is 8.78 Å². The first-order chi connectivity index (χ1) is 14.8. The third-order valence-electron chi connectivity index (χ3n) is 5.42. The molecular weight excluding hydrogens is 402 g/mol. The summed E-state index contributed by atoms with van der Waals surface area (Å²) in [6, 6.07) is 7.29. The highest BCUT2D eigenvalue weighted by atomic mass is 19.2. The highest BCUT2D eigenvalue weighted by Gasteiger charge is 2.32. The Morgan fingerprint density at radius 2 is 1.97 bits per heavy atom. The van der Waals surface area contributed by atoms with Crippen LogP contribution in [0.2, 0.25) is 0 Å². The number of aromatic amines is 2. The summed E-state index contributed by atoms with van der Waals surface area (Å²) in [5.41, 5.74) is 2.04. The van der Waals surface area contributed by atoms with E-state index in [-0.39, 0.29) is 11.3 Å². The molecule has 3 N–H and O–H groups in total. The van der Waals surface area contributed by atoms with E-state index in [9.17, 15) is 13.9 Å². The normalized spacial score (nSPS) is 13.6. The number of benzene rings is 1. The Labute approximate surface area is 175 Å². The van der Waals surface area contributed by atoms with E-state index < -0.39 is 17.2 Å². The van der Waals surface area contributed by atoms with Gasteiger partial charge in [0.25, 0.3) is 0 Å². The Bertz CT molecular complexity index is 1410. The molecule has 0 spiro atoms. The number of nitrogens with zero attached hydrogens (tertiary/aromatic N) is 4. The van der Waals surface area contributed by atoms with Crippen LogP contribution in [0.3, 0.4) is 0 Å². The van der Waals surface area contributed by atoms with E-state index >= 15 is 0 Å². The average molecular weight is 420 g/mol. The average Bonchev–Trinajstić information content (AvgIpc) is 3.48. The highest BCUT2D eigenvalue weighted by molar-refractivity contribution is 5.94. The van der Waals surface area contributed by atoms with E-state index in [1.807, 2.05) is 19.3 Å². The predicted molar refractivity (Wildman–Crippen MR) is 111 cm³/mol. The van der Waals surface area contributed by atoms with Crippen molar-refractivity contribution in [1.82, 2.24) is 29.9 Å². The molecule has 156 valence electrons. The molecule has 4 heterocycles. The Hall–Kier alpha value is -3.85. The molecule has 0 saturated carbocycles. The molecule has 0 aliphatic rings. The first kappa shape index (κ1) is 19.1. The lowest BCUT2D eigenvalue weighted by Gasteiger charge is -2.22. The van der Waals surface area contributed by atoms with Crippen LogP contribution >= 0.6 is 0 Å². The van der Waals surface area contributed by atoms with Gasteiger partial charge in [0.05, 0.1) is 17.6 Å². The van der Waals surface area contributed by atoms with Crippen molar-refractivity contribution in [3.05, 3.63) is 78.0 Å². The molecule has 0 fully saturated rings. The minimum atomic E-state index is -1.80. The number of rotatable bonds is 4. The molecule has 0 radical (unpaired) electrons. The van der Waals surface area contributed by atoms with Gasteiger partial charge in [-0.3, -0.25) is 9.78 Å². The van der Waals surface area contributed by atoms with Crippen LogP contribution in [0.1, 0.15) is 18.2 Å². The summed E-state index contributed by atoms with van der Waals surface area (Å²) in [6.45, 7) is 1.39. The maximum absolute atomic E-state index is 14.3. The third kappa shape index (κ3) is 3.10. The van der Waals surface area contributed by atoms with Gasteiger partial charge in [-0.05, 0) is 25.1 Å². The van der Waals surface area contributed by atoms with Crippen molar-refractivity contribution in [2.24, 2.45) is 7.05 Å². The Kier molecular flexibility index (Phi) is 4.23. The fraction of sp³-hybridized carbons (Fsp3) is 0.136. The van der Waals surface area contributed by atoms with E-state index in [0.29, 0.717) is 11.3 Å². The van der Waals surface area contributed by atoms with Gasteiger partial charge in [-0.2, -0.15) is 10.2 Å². The zero-order valence-corrected chi connectivity index (χ0v) is 16.7. The van der Waals surface area contributed by atoms with Gasteiger partial charge in [-0.15, -0.1) is 0 Å². The van der Waals surface area contributed by atoms with Gasteiger partial charge < -0.3 is 10.1 Å². The standard InChI is InChI=1S/C22H18F2N6O/c1-22(31,16-4-3-5-17(23)20(16)24)19-7-18(28-29-19)15-10-26-21-14(15)6-12(8-25-21)13-9-27-30(2)11-13/h3-11,31H,1-2H3,(H,25,26)(H,28,29). The lowest BCUT2D eigenvalue weighted by Crippen LogP contribution is -2.25. The third-order valence-corrected chi connectivity index (χ3v) is 5.42. The second-order valence-electron chi connectivity index (χ2n) is 7.57. The van der Waals surface area contributed by atoms with Crippen molar-refractivity contribution < 1.29 is 13.9 Å². The minimum absolute atomic E-state index is 0.179. The molecule has 5 rings (SSSR count). The largest absolute Gasteiger partial charge is 0.379 e. The molecule has 0 aliphatic heterocycles. The van der Waals surface area contributed by atoms with Crippen LogP contribution in [-0.4, -0.2) is 35.1 Å². The SMILES string of the molecule is Cn1cc(-c2cnc3[nH]cc(-c4cc(C(C)(O)c5cccc(F)c5F)[nH]n4)c3c2)cn1. The Balaban J connectivity index is 1.57. The smallest absolute Gasteiger partial charge is 0.165 e. The molecule has 31 heavy (non-hydrogen) atoms. The summed E-state index contributed by atoms with van der Waals surface area (Å²) in [5, 5.41) is 23.0. The van der Waals surface area contributed by atoms with Crippen molar-refractivity contribution in [3.8, 4) is 22.4 Å². The fourth-order valence-electron chi connectivity index (χ4n) is 3.68. The van der Waals surface area contributed by atoms with Gasteiger partial charge in [-0.25, -0.2) is 13.8 Å². The van der Waals surface area contributed by atoms with Crippen LogP contribution in [0.5, 0.6) is 0 Å². The minimum Gasteiger partial charge on any atom is -0.379 e. The summed E-state index contributed by atoms with van der Waals surface area (Å²) in [4.78, 5) is 7.58. The van der Waals surface area contributed by atoms with Gasteiger partial charge in [0, 0.05) is 53.3 Å². The molecule has 0 amide bonds. The second kappa shape index (κ2) is 6.85. The van der Waals surface area contributed by atoms with Gasteiger partial charge >= 0.3 is 0 Å². The molecule has 0 saturated heterocycles. The van der Waals surface area contributed by atoms with Gasteiger partial charge in [0.2, 0.25) is 0 Å². The molecular formula is C22H18F2N6O. The van der Waals surface area contributed by atoms with Crippen LogP contribution in [0.25, 0.3) is 33.4 Å². The Morgan fingerprint density at radius 3 is 2.74 bits per heavy atom. The number of halogens is 2. The van der Waals surface area contributed by atoms with Crippen molar-refractivity contribution in [2.75, 3.05) is 0 Å². The maximum Gasteiger partial charge on any atom is 0.165 e. The molecule has 1 atom stereocenters. The number of fused-ring (bicyclic) bond motifs is 1. The van der Waals surface area contributed by atoms with Gasteiger partial charge in [0.1, 0.15) is 11.2 Å². The van der Waals surface area contributed by atoms with Crippen molar-refractivity contribution in [3.63, 3.8) is 0 Å². The number of hydrogen-bond acceptors (Lipinski definition) is 4. The summed E-state index contributed by atoms with van der Waals surface area (Å²) < 4.78 is 29.7. The molecule has 0 aliphatic carbocycles. The summed E-state index contributed by atoms with van der Waals surface area (Å²) in [5.74, 6) is -2.12. The van der Waals surface area contributed by atoms with Crippen LogP contribution in [-0.2, 0) is 12.6 Å². The lowest BCUT2D eigenvalue weighted by molar-refractivity contribution is 0.0922. The Morgan fingerprint density at radius 1 is 1.13 bits per heavy atom. The predicted octanol–water partition coefficient (Wildman–Crippen LogP) is 3.89. The van der Waals surface area contributed by atoms with E-state index in [2.05, 4.69) is 25.3 Å². The lowest BCUT2D eigenvalue weighted by atomic mass is 9.91. The second-order valence-corrected chi connectivity index (χ2v) is 7.57. The van der Waals surface area contributed by atoms with Crippen LogP contribution in [0.15, 0.2) is 55.1 Å². The first-order valence-corrected chi connectivity index (χ1v) is 9.54. The van der Waals surface area contributed by atoms with Crippen molar-refractivity contribution >= 4 is 11.0 Å². The zero-order chi connectivity index (χ0) is 21.8. The van der Waals surface area contributed by atoms with E-state index in [1.54, 1.807) is 29.3 Å². The van der Waals surface area contributed by atoms with Gasteiger partial charge in [-0.1, -0.05) is 12.1 Å². The summed E-state index contributed by atoms with van der Waals surface area (Å²) in [6.07, 6.45) is 7.17. The number of H-pyrrole nitrogens is 2. The summed E-state index contributed by atoms with van der Waals surface area (Å²) >= 11 is 0. The molecule has 7 nitrogen and oxygen atoms in total. The molecule has 0 bridgehead atoms. The number of aromatic nitrogens is 6. The molecule has 5 aromatic rings. The molecule has 1 unspecified atom stereocenters. The summed E-state index contributed by atoms with van der Waals surface area (Å²) in [7, 11) is 1.84. The fourth-order valence-corrected chi connectivity index (χ4v) is 3.68. The van der Waals surface area contributed by atoms with E-state index in [1.165, 1.54) is 19.1 Å². The quantitative estimate of drug-likeness (QED) is 0.411. The van der Waals surface area contributed by atoms with Crippen LogP contribution < -0.4 is 0 Å². The van der Waals surface area contributed by atoms with Crippen molar-refractivity contribution in [1.29, 1.82) is 0 Å². The number of nitrogens with one attached hydrogen (secondary N) is 2. The number of aryl methyl sites for hydroxylation is 1. The monoisotopic (exact) mass is 420 g/mol. The number of aliphatic hydroxyl groups is 1. The van der Waals surface area contributed by atoms with Crippen LogP contribution in [0, 0.1) is 11.6 Å². The van der Waals surface area contributed by atoms with Gasteiger partial charge in [0.15, 0.2) is 11.6 Å². The number of pyridine rings is 1. The maximum atomic E-state index is 14.3. The molecule has 4 aromatic heterocycles. The highest BCUT2D eigenvalue weighted by Crippen LogP contribution is 2.35. The molecule has 1 aromatic carbocycles. The zero-order valence-electron chi connectivity index (χ0n) is 16.7. The first-order valence-electron chi connectivity index (χ1n) is 9.54. The van der Waals surface area contributed by atoms with E-state index in [0.717, 1.165) is 28.1 Å². The molecule has 9 heteroatoms. The van der Waals surface area contributed by atoms with E-state index in [4.69, 9.17) is 0 Å².